The van der Waals surface area contributed by atoms with Crippen LogP contribution in [0.2, 0.25) is 0 Å². The predicted octanol–water partition coefficient (Wildman–Crippen LogP) is 3.61. The minimum Gasteiger partial charge on any atom is -0.383 e. The molecule has 2 fully saturated rings. The van der Waals surface area contributed by atoms with E-state index in [0.717, 1.165) is 28.8 Å². The van der Waals surface area contributed by atoms with Crippen LogP contribution in [-0.2, 0) is 20.7 Å². The summed E-state index contributed by atoms with van der Waals surface area (Å²) in [7, 11) is 1.63. The maximum atomic E-state index is 13.6. The number of rotatable bonds is 8. The van der Waals surface area contributed by atoms with Gasteiger partial charge in [-0.15, -0.1) is 0 Å². The van der Waals surface area contributed by atoms with Crippen molar-refractivity contribution in [1.82, 2.24) is 19.9 Å². The number of hydrogen-bond donors (Lipinski definition) is 1. The van der Waals surface area contributed by atoms with E-state index in [4.69, 9.17) is 14.3 Å². The van der Waals surface area contributed by atoms with Crippen molar-refractivity contribution >= 4 is 35.6 Å². The van der Waals surface area contributed by atoms with Gasteiger partial charge in [-0.1, -0.05) is 12.1 Å². The Hall–Kier alpha value is -4.69. The first kappa shape index (κ1) is 32.3. The Morgan fingerprint density at radius 2 is 1.91 bits per heavy atom. The maximum Gasteiger partial charge on any atom is 0.493 e. The standard InChI is InChI=1S/C33H34F3N5O6/c1-45-20-25-3-2-12-40(25)31(43)23-5-4-21(28(18-23)39-13-15-46-16-14-39)6-7-24-17-22(8-10-37-24)29-19-26-27(9-11-38-30(26)42)41(29)47-32(44)33(34,35)36/h4-8,10,17-19,25H,2-3,9,11-16,20H2,1H3,(H,38,42)/t25-/m0/s1. The van der Waals surface area contributed by atoms with Gasteiger partial charge in [0.25, 0.3) is 11.8 Å². The third kappa shape index (κ3) is 6.88. The Morgan fingerprint density at radius 1 is 1.11 bits per heavy atom. The molecule has 0 saturated carbocycles. The van der Waals surface area contributed by atoms with Crippen molar-refractivity contribution in [3.05, 3.63) is 70.7 Å². The number of amides is 2. The first-order valence-corrected chi connectivity index (χ1v) is 15.4. The lowest BCUT2D eigenvalue weighted by atomic mass is 10.0. The second-order valence-electron chi connectivity index (χ2n) is 11.5. The largest absolute Gasteiger partial charge is 0.493 e. The van der Waals surface area contributed by atoms with E-state index < -0.39 is 18.1 Å². The number of anilines is 1. The predicted molar refractivity (Wildman–Crippen MR) is 166 cm³/mol. The Balaban J connectivity index is 1.32. The van der Waals surface area contributed by atoms with Gasteiger partial charge in [-0.25, -0.2) is 4.79 Å². The van der Waals surface area contributed by atoms with Gasteiger partial charge in [0.1, 0.15) is 0 Å². The highest BCUT2D eigenvalue weighted by atomic mass is 19.4. The third-order valence-electron chi connectivity index (χ3n) is 8.49. The maximum absolute atomic E-state index is 13.6. The van der Waals surface area contributed by atoms with Crippen LogP contribution in [0.5, 0.6) is 0 Å². The topological polar surface area (TPSA) is 115 Å². The lowest BCUT2D eigenvalue weighted by Gasteiger charge is -2.31. The van der Waals surface area contributed by atoms with Crippen molar-refractivity contribution in [2.75, 3.05) is 58.0 Å². The van der Waals surface area contributed by atoms with Gasteiger partial charge in [-0.3, -0.25) is 14.6 Å². The molecule has 1 N–H and O–H groups in total. The molecule has 0 radical (unpaired) electrons. The van der Waals surface area contributed by atoms with Gasteiger partial charge in [-0.2, -0.15) is 17.9 Å². The number of nitrogens with one attached hydrogen (secondary N) is 1. The first-order chi connectivity index (χ1) is 22.6. The molecular weight excluding hydrogens is 619 g/mol. The number of likely N-dealkylation sites (tertiary alicyclic amines) is 1. The van der Waals surface area contributed by atoms with Crippen LogP contribution < -0.4 is 15.1 Å². The van der Waals surface area contributed by atoms with Crippen LogP contribution in [0.3, 0.4) is 0 Å². The zero-order valence-corrected chi connectivity index (χ0v) is 25.7. The highest BCUT2D eigenvalue weighted by Crippen LogP contribution is 2.31. The number of ether oxygens (including phenoxy) is 2. The van der Waals surface area contributed by atoms with E-state index in [1.54, 1.807) is 31.4 Å². The summed E-state index contributed by atoms with van der Waals surface area (Å²) >= 11 is 0. The minimum absolute atomic E-state index is 0.0373. The molecule has 3 aliphatic heterocycles. The molecule has 0 bridgehead atoms. The summed E-state index contributed by atoms with van der Waals surface area (Å²) in [4.78, 5) is 51.1. The number of carbonyl (C=O) groups is 3. The van der Waals surface area contributed by atoms with E-state index in [-0.39, 0.29) is 41.9 Å². The van der Waals surface area contributed by atoms with Crippen LogP contribution in [-0.4, -0.2) is 97.7 Å². The van der Waals surface area contributed by atoms with E-state index in [2.05, 4.69) is 15.2 Å². The molecular formula is C33H34F3N5O6. The Bertz CT molecular complexity index is 1700. The molecule has 248 valence electrons. The first-order valence-electron chi connectivity index (χ1n) is 15.4. The fraction of sp³-hybridized carbons (Fsp3) is 0.394. The van der Waals surface area contributed by atoms with E-state index in [0.29, 0.717) is 56.3 Å². The molecule has 3 aliphatic rings. The molecule has 0 spiro atoms. The lowest BCUT2D eigenvalue weighted by Crippen LogP contribution is -2.39. The van der Waals surface area contributed by atoms with Crippen molar-refractivity contribution in [1.29, 1.82) is 0 Å². The summed E-state index contributed by atoms with van der Waals surface area (Å²) in [5.74, 6) is -2.91. The zero-order valence-electron chi connectivity index (χ0n) is 25.7. The van der Waals surface area contributed by atoms with E-state index >= 15 is 0 Å². The number of carbonyl (C=O) groups excluding carboxylic acids is 3. The Labute approximate surface area is 268 Å². The Morgan fingerprint density at radius 3 is 2.68 bits per heavy atom. The number of halogens is 3. The van der Waals surface area contributed by atoms with Gasteiger partial charge in [0, 0.05) is 62.7 Å². The van der Waals surface area contributed by atoms with Crippen molar-refractivity contribution in [2.24, 2.45) is 0 Å². The number of aromatic nitrogens is 2. The summed E-state index contributed by atoms with van der Waals surface area (Å²) in [5.41, 5.74) is 3.53. The van der Waals surface area contributed by atoms with E-state index in [9.17, 15) is 27.6 Å². The molecule has 2 aromatic heterocycles. The molecule has 11 nitrogen and oxygen atoms in total. The minimum atomic E-state index is -5.23. The molecule has 3 aromatic rings. The number of methoxy groups -OCH3 is 1. The molecule has 2 saturated heterocycles. The number of nitrogens with zero attached hydrogens (tertiary/aromatic N) is 4. The second kappa shape index (κ2) is 13.6. The van der Waals surface area contributed by atoms with Gasteiger partial charge < -0.3 is 29.4 Å². The number of alkyl halides is 3. The summed E-state index contributed by atoms with van der Waals surface area (Å²) in [6.45, 7) is 3.74. The normalized spacial score (nSPS) is 18.4. The molecule has 0 aliphatic carbocycles. The van der Waals surface area contributed by atoms with Crippen LogP contribution in [0.4, 0.5) is 18.9 Å². The molecule has 2 amide bonds. The Kier molecular flexibility index (Phi) is 9.32. The van der Waals surface area contributed by atoms with Crippen molar-refractivity contribution in [3.8, 4) is 11.3 Å². The molecule has 1 atom stereocenters. The molecule has 47 heavy (non-hydrogen) atoms. The molecule has 0 unspecified atom stereocenters. The quantitative estimate of drug-likeness (QED) is 0.393. The smallest absolute Gasteiger partial charge is 0.383 e. The van der Waals surface area contributed by atoms with Crippen LogP contribution in [0.25, 0.3) is 23.4 Å². The van der Waals surface area contributed by atoms with Crippen molar-refractivity contribution in [3.63, 3.8) is 0 Å². The van der Waals surface area contributed by atoms with Gasteiger partial charge in [0.15, 0.2) is 0 Å². The average Bonchev–Trinajstić information content (AvgIpc) is 3.69. The highest BCUT2D eigenvalue weighted by molar-refractivity contribution is 5.98. The highest BCUT2D eigenvalue weighted by Gasteiger charge is 2.43. The van der Waals surface area contributed by atoms with Gasteiger partial charge >= 0.3 is 12.1 Å². The number of hydrogen-bond acceptors (Lipinski definition) is 8. The SMILES string of the molecule is COC[C@@H]1CCCN1C(=O)c1ccc(C=Cc2cc(-c3cc4c(n3OC(=O)C(F)(F)F)CCNC4=O)ccn2)c(N2CCOCC2)c1. The second-order valence-corrected chi connectivity index (χ2v) is 11.5. The number of morpholine rings is 1. The van der Waals surface area contributed by atoms with Crippen LogP contribution in [0, 0.1) is 0 Å². The number of benzene rings is 1. The number of pyridine rings is 1. The molecule has 14 heteroatoms. The molecule has 5 heterocycles. The van der Waals surface area contributed by atoms with Crippen LogP contribution in [0.15, 0.2) is 42.6 Å². The number of fused-ring (bicyclic) bond motifs is 1. The van der Waals surface area contributed by atoms with Crippen LogP contribution >= 0.6 is 0 Å². The third-order valence-corrected chi connectivity index (χ3v) is 8.49. The average molecular weight is 654 g/mol. The fourth-order valence-electron chi connectivity index (χ4n) is 6.20. The van der Waals surface area contributed by atoms with Crippen LogP contribution in [0.1, 0.15) is 50.5 Å². The van der Waals surface area contributed by atoms with Gasteiger partial charge in [-0.05, 0) is 54.8 Å². The lowest BCUT2D eigenvalue weighted by molar-refractivity contribution is -0.199. The molecule has 6 rings (SSSR count). The van der Waals surface area contributed by atoms with Gasteiger partial charge in [0.2, 0.25) is 0 Å². The van der Waals surface area contributed by atoms with E-state index in [1.807, 2.05) is 23.1 Å². The molecule has 1 aromatic carbocycles. The summed E-state index contributed by atoms with van der Waals surface area (Å²) < 4.78 is 51.1. The zero-order chi connectivity index (χ0) is 33.1. The monoisotopic (exact) mass is 653 g/mol. The summed E-state index contributed by atoms with van der Waals surface area (Å²) in [6, 6.07) is 10.2. The fourth-order valence-corrected chi connectivity index (χ4v) is 6.20. The van der Waals surface area contributed by atoms with Crippen molar-refractivity contribution in [2.45, 2.75) is 31.5 Å². The van der Waals surface area contributed by atoms with Gasteiger partial charge in [0.05, 0.1) is 48.5 Å². The van der Waals surface area contributed by atoms with E-state index in [1.165, 1.54) is 12.3 Å². The summed E-state index contributed by atoms with van der Waals surface area (Å²) in [5, 5.41) is 2.65. The summed E-state index contributed by atoms with van der Waals surface area (Å²) in [6.07, 6.45) is 1.86. The van der Waals surface area contributed by atoms with Crippen molar-refractivity contribution < 1.29 is 41.9 Å².